The van der Waals surface area contributed by atoms with Gasteiger partial charge in [-0.3, -0.25) is 14.9 Å². The Morgan fingerprint density at radius 3 is 2.81 bits per heavy atom. The summed E-state index contributed by atoms with van der Waals surface area (Å²) in [4.78, 5) is 20.9. The Morgan fingerprint density at radius 1 is 1.56 bits per heavy atom. The molecule has 0 saturated carbocycles. The predicted molar refractivity (Wildman–Crippen MR) is 56.7 cm³/mol. The van der Waals surface area contributed by atoms with Crippen LogP contribution in [-0.2, 0) is 20.7 Å². The summed E-state index contributed by atoms with van der Waals surface area (Å²) in [5.41, 5.74) is 0.825. The molecule has 2 atom stereocenters. The first kappa shape index (κ1) is 10.6. The number of aliphatic carboxylic acids is 1. The number of ether oxygens (including phenoxy) is 1. The van der Waals surface area contributed by atoms with Gasteiger partial charge in [-0.1, -0.05) is 30.3 Å². The molecule has 0 aliphatic heterocycles. The van der Waals surface area contributed by atoms with Gasteiger partial charge in [0.25, 0.3) is 6.47 Å². The van der Waals surface area contributed by atoms with Gasteiger partial charge in [0.05, 0.1) is 1.37 Å². The van der Waals surface area contributed by atoms with Gasteiger partial charge in [-0.25, -0.2) is 0 Å². The van der Waals surface area contributed by atoms with Gasteiger partial charge in [0.2, 0.25) is 0 Å². The lowest BCUT2D eigenvalue weighted by molar-refractivity contribution is -0.141. The Bertz CT molecular complexity index is 371. The van der Waals surface area contributed by atoms with E-state index in [0.717, 1.165) is 5.56 Å². The van der Waals surface area contributed by atoms with Gasteiger partial charge in [-0.05, 0) is 12.0 Å². The van der Waals surface area contributed by atoms with Crippen LogP contribution in [0.25, 0.3) is 0 Å². The summed E-state index contributed by atoms with van der Waals surface area (Å²) in [7, 11) is 0. The first-order chi connectivity index (χ1) is 8.13. The van der Waals surface area contributed by atoms with Crippen molar-refractivity contribution >= 4 is 12.4 Å². The number of carbonyl (C=O) groups excluding carboxylic acids is 1. The quantitative estimate of drug-likeness (QED) is 0.518. The Hall–Kier alpha value is -1.88. The second-order valence-corrected chi connectivity index (χ2v) is 3.10. The zero-order chi connectivity index (χ0) is 12.7. The van der Waals surface area contributed by atoms with E-state index < -0.39 is 18.7 Å². The number of nitrogens with one attached hydrogen (secondary N) is 1. The smallest absolute Gasteiger partial charge is 0.321 e. The van der Waals surface area contributed by atoms with Crippen LogP contribution in [0.3, 0.4) is 0 Å². The van der Waals surface area contributed by atoms with Crippen molar-refractivity contribution < 1.29 is 20.8 Å². The number of rotatable bonds is 7. The Balaban J connectivity index is 2.61. The lowest BCUT2D eigenvalue weighted by atomic mass is 10.1. The summed E-state index contributed by atoms with van der Waals surface area (Å²) in [6.45, 7) is -1.27. The minimum atomic E-state index is -1.38. The van der Waals surface area contributed by atoms with Crippen LogP contribution in [0.15, 0.2) is 30.3 Å². The molecule has 2 N–H and O–H groups in total. The molecule has 1 aromatic rings. The van der Waals surface area contributed by atoms with Crippen LogP contribution in [0.4, 0.5) is 0 Å². The fourth-order valence-corrected chi connectivity index (χ4v) is 1.22. The normalized spacial score (nSPS) is 14.6. The van der Waals surface area contributed by atoms with Gasteiger partial charge >= 0.3 is 5.97 Å². The second-order valence-electron chi connectivity index (χ2n) is 3.10. The number of carbonyl (C=O) groups is 2. The van der Waals surface area contributed by atoms with Crippen LogP contribution in [0, 0.1) is 0 Å². The molecule has 0 aliphatic rings. The highest BCUT2D eigenvalue weighted by Gasteiger charge is 2.16. The largest absolute Gasteiger partial charge is 0.480 e. The molecule has 1 rings (SSSR count). The third-order valence-electron chi connectivity index (χ3n) is 1.97. The molecule has 0 aromatic heterocycles. The van der Waals surface area contributed by atoms with E-state index in [-0.39, 0.29) is 12.9 Å². The molecule has 16 heavy (non-hydrogen) atoms. The van der Waals surface area contributed by atoms with Gasteiger partial charge in [0.1, 0.15) is 12.7 Å². The SMILES string of the molecule is [2H]C(N[C@@H](Cc1ccccc1)C(=O)O)OC=O. The third kappa shape index (κ3) is 4.10. The average molecular weight is 224 g/mol. The zero-order valence-corrected chi connectivity index (χ0v) is 8.50. The molecule has 0 amide bonds. The highest BCUT2D eigenvalue weighted by Crippen LogP contribution is 2.03. The van der Waals surface area contributed by atoms with E-state index in [1.807, 2.05) is 6.07 Å². The van der Waals surface area contributed by atoms with E-state index in [9.17, 15) is 9.59 Å². The summed E-state index contributed by atoms with van der Waals surface area (Å²) in [5.74, 6) is -1.10. The van der Waals surface area contributed by atoms with Crippen LogP contribution in [-0.4, -0.2) is 30.3 Å². The summed E-state index contributed by atoms with van der Waals surface area (Å²) in [5, 5.41) is 11.3. The van der Waals surface area contributed by atoms with Crippen LogP contribution < -0.4 is 5.32 Å². The fraction of sp³-hybridized carbons (Fsp3) is 0.273. The number of carboxylic acid groups (broad SMARTS) is 1. The summed E-state index contributed by atoms with van der Waals surface area (Å²) in [6.07, 6.45) is 0.216. The van der Waals surface area contributed by atoms with Crippen molar-refractivity contribution in [2.75, 3.05) is 6.71 Å². The topological polar surface area (TPSA) is 75.6 Å². The van der Waals surface area contributed by atoms with E-state index in [1.165, 1.54) is 0 Å². The molecule has 5 heteroatoms. The molecule has 0 spiro atoms. The van der Waals surface area contributed by atoms with Crippen molar-refractivity contribution in [2.45, 2.75) is 12.5 Å². The predicted octanol–water partition coefficient (Wildman–Crippen LogP) is 0.402. The standard InChI is InChI=1S/C11H13NO4/c13-8-16-7-12-10(11(14)15)6-9-4-2-1-3-5-9/h1-5,8,10,12H,6-7H2,(H,14,15)/t10-/m0/s1/i7D/t7?,10-. The highest BCUT2D eigenvalue weighted by molar-refractivity contribution is 5.73. The maximum Gasteiger partial charge on any atom is 0.321 e. The fourth-order valence-electron chi connectivity index (χ4n) is 1.22. The average Bonchev–Trinajstić information content (AvgIpc) is 2.29. The zero-order valence-electron chi connectivity index (χ0n) is 9.50. The van der Waals surface area contributed by atoms with Crippen molar-refractivity contribution in [1.82, 2.24) is 5.32 Å². The summed E-state index contributed by atoms with van der Waals surface area (Å²) < 4.78 is 11.5. The molecule has 0 aliphatic carbocycles. The summed E-state index contributed by atoms with van der Waals surface area (Å²) >= 11 is 0. The monoisotopic (exact) mass is 224 g/mol. The van der Waals surface area contributed by atoms with E-state index in [1.54, 1.807) is 24.3 Å². The molecule has 5 nitrogen and oxygen atoms in total. The van der Waals surface area contributed by atoms with Gasteiger partial charge in [0.15, 0.2) is 0 Å². The minimum Gasteiger partial charge on any atom is -0.480 e. The van der Waals surface area contributed by atoms with Crippen LogP contribution in [0.2, 0.25) is 0 Å². The van der Waals surface area contributed by atoms with Crippen molar-refractivity contribution in [3.05, 3.63) is 35.9 Å². The van der Waals surface area contributed by atoms with Crippen molar-refractivity contribution in [1.29, 1.82) is 0 Å². The number of benzene rings is 1. The summed E-state index contributed by atoms with van der Waals surface area (Å²) in [6, 6.07) is 8.03. The number of carboxylic acids is 1. The van der Waals surface area contributed by atoms with E-state index in [0.29, 0.717) is 0 Å². The minimum absolute atomic E-state index is 0.103. The molecular formula is C11H13NO4. The van der Waals surface area contributed by atoms with Gasteiger partial charge in [-0.15, -0.1) is 0 Å². The Labute approximate surface area is 94.4 Å². The molecule has 0 fully saturated rings. The first-order valence-electron chi connectivity index (χ1n) is 5.25. The van der Waals surface area contributed by atoms with Gasteiger partial charge in [-0.2, -0.15) is 0 Å². The Morgan fingerprint density at radius 2 is 2.25 bits per heavy atom. The maximum absolute atomic E-state index is 11.0. The lowest BCUT2D eigenvalue weighted by Crippen LogP contribution is -2.39. The van der Waals surface area contributed by atoms with Crippen LogP contribution in [0.5, 0.6) is 0 Å². The van der Waals surface area contributed by atoms with Crippen molar-refractivity contribution in [2.24, 2.45) is 0 Å². The molecule has 1 unspecified atom stereocenters. The highest BCUT2D eigenvalue weighted by atomic mass is 16.5. The lowest BCUT2D eigenvalue weighted by Gasteiger charge is -2.13. The van der Waals surface area contributed by atoms with E-state index in [4.69, 9.17) is 6.48 Å². The van der Waals surface area contributed by atoms with Crippen molar-refractivity contribution in [3.8, 4) is 0 Å². The van der Waals surface area contributed by atoms with E-state index in [2.05, 4.69) is 10.1 Å². The molecule has 0 saturated heterocycles. The van der Waals surface area contributed by atoms with Crippen LogP contribution >= 0.6 is 0 Å². The second kappa shape index (κ2) is 6.58. The molecule has 0 bridgehead atoms. The maximum atomic E-state index is 11.0. The number of hydrogen-bond acceptors (Lipinski definition) is 4. The third-order valence-corrected chi connectivity index (χ3v) is 1.97. The first-order valence-corrected chi connectivity index (χ1v) is 4.67. The van der Waals surface area contributed by atoms with Crippen LogP contribution in [0.1, 0.15) is 6.93 Å². The Kier molecular flexibility index (Phi) is 4.37. The molecule has 0 radical (unpaired) electrons. The molecular weight excluding hydrogens is 210 g/mol. The molecule has 0 heterocycles. The van der Waals surface area contributed by atoms with Gasteiger partial charge < -0.3 is 9.84 Å². The number of hydrogen-bond donors (Lipinski definition) is 2. The van der Waals surface area contributed by atoms with Gasteiger partial charge in [0, 0.05) is 0 Å². The molecule has 1 aromatic carbocycles. The van der Waals surface area contributed by atoms with E-state index >= 15 is 0 Å². The molecule has 86 valence electrons. The van der Waals surface area contributed by atoms with Crippen molar-refractivity contribution in [3.63, 3.8) is 0 Å².